The second-order valence-electron chi connectivity index (χ2n) is 4.82. The monoisotopic (exact) mass is 261 g/mol. The highest BCUT2D eigenvalue weighted by Gasteiger charge is 2.12. The van der Waals surface area contributed by atoms with Gasteiger partial charge in [-0.2, -0.15) is 4.98 Å². The fourth-order valence-electron chi connectivity index (χ4n) is 1.74. The maximum atomic E-state index is 5.75. The standard InChI is InChI=1S/C14H19N3O2/c1-9(2)11-6-4-5-7-12(11)18-8-13-16-14(10(3)15)19-17-13/h4-7,9-10H,8,15H2,1-3H3. The van der Waals surface area contributed by atoms with Crippen LogP contribution in [-0.4, -0.2) is 10.1 Å². The maximum Gasteiger partial charge on any atom is 0.243 e. The Kier molecular flexibility index (Phi) is 4.16. The molecule has 1 atom stereocenters. The Morgan fingerprint density at radius 2 is 2.00 bits per heavy atom. The number of rotatable bonds is 5. The van der Waals surface area contributed by atoms with E-state index in [1.807, 2.05) is 18.2 Å². The summed E-state index contributed by atoms with van der Waals surface area (Å²) in [7, 11) is 0. The molecular formula is C14H19N3O2. The van der Waals surface area contributed by atoms with Gasteiger partial charge >= 0.3 is 0 Å². The molecule has 102 valence electrons. The quantitative estimate of drug-likeness (QED) is 0.895. The van der Waals surface area contributed by atoms with Crippen molar-refractivity contribution < 1.29 is 9.26 Å². The lowest BCUT2D eigenvalue weighted by Gasteiger charge is -2.12. The molecule has 5 heteroatoms. The van der Waals surface area contributed by atoms with E-state index in [-0.39, 0.29) is 12.6 Å². The summed E-state index contributed by atoms with van der Waals surface area (Å²) in [5.74, 6) is 2.19. The zero-order valence-electron chi connectivity index (χ0n) is 11.5. The molecule has 2 rings (SSSR count). The third-order valence-electron chi connectivity index (χ3n) is 2.77. The van der Waals surface area contributed by atoms with Crippen molar-refractivity contribution in [1.82, 2.24) is 10.1 Å². The van der Waals surface area contributed by atoms with Crippen LogP contribution < -0.4 is 10.5 Å². The van der Waals surface area contributed by atoms with Crippen molar-refractivity contribution in [2.75, 3.05) is 0 Å². The molecule has 1 heterocycles. The average molecular weight is 261 g/mol. The van der Waals surface area contributed by atoms with Gasteiger partial charge in [0.15, 0.2) is 6.61 Å². The molecular weight excluding hydrogens is 242 g/mol. The molecule has 0 saturated heterocycles. The van der Waals surface area contributed by atoms with Crippen LogP contribution in [0.3, 0.4) is 0 Å². The first-order valence-electron chi connectivity index (χ1n) is 6.37. The lowest BCUT2D eigenvalue weighted by atomic mass is 10.0. The van der Waals surface area contributed by atoms with E-state index in [0.717, 1.165) is 5.75 Å². The second kappa shape index (κ2) is 5.84. The fourth-order valence-corrected chi connectivity index (χ4v) is 1.74. The largest absolute Gasteiger partial charge is 0.485 e. The van der Waals surface area contributed by atoms with Gasteiger partial charge in [-0.25, -0.2) is 0 Å². The molecule has 0 fully saturated rings. The number of aromatic nitrogens is 2. The highest BCUT2D eigenvalue weighted by atomic mass is 16.5. The van der Waals surface area contributed by atoms with E-state index >= 15 is 0 Å². The molecule has 1 unspecified atom stereocenters. The van der Waals surface area contributed by atoms with E-state index in [9.17, 15) is 0 Å². The molecule has 0 spiro atoms. The molecule has 0 bridgehead atoms. The summed E-state index contributed by atoms with van der Waals surface area (Å²) in [5, 5.41) is 3.84. The zero-order valence-corrected chi connectivity index (χ0v) is 11.5. The minimum Gasteiger partial charge on any atom is -0.485 e. The molecule has 0 saturated carbocycles. The molecule has 0 aliphatic carbocycles. The van der Waals surface area contributed by atoms with Crippen molar-refractivity contribution in [3.63, 3.8) is 0 Å². The molecule has 0 aliphatic heterocycles. The van der Waals surface area contributed by atoms with Crippen molar-refractivity contribution in [3.8, 4) is 5.75 Å². The van der Waals surface area contributed by atoms with Crippen molar-refractivity contribution in [2.24, 2.45) is 5.73 Å². The van der Waals surface area contributed by atoms with E-state index < -0.39 is 0 Å². The van der Waals surface area contributed by atoms with Crippen molar-refractivity contribution in [1.29, 1.82) is 0 Å². The summed E-state index contributed by atoms with van der Waals surface area (Å²) < 4.78 is 10.8. The molecule has 0 amide bonds. The van der Waals surface area contributed by atoms with Crippen LogP contribution in [0.5, 0.6) is 5.75 Å². The number of benzene rings is 1. The molecule has 5 nitrogen and oxygen atoms in total. The first kappa shape index (κ1) is 13.5. The SMILES string of the molecule is CC(C)c1ccccc1OCc1noc(C(C)N)n1. The van der Waals surface area contributed by atoms with Crippen molar-refractivity contribution in [3.05, 3.63) is 41.5 Å². The van der Waals surface area contributed by atoms with E-state index in [4.69, 9.17) is 15.0 Å². The predicted octanol–water partition coefficient (Wildman–Crippen LogP) is 2.79. The Morgan fingerprint density at radius 3 is 2.63 bits per heavy atom. The minimum absolute atomic E-state index is 0.260. The molecule has 2 aromatic rings. The van der Waals surface area contributed by atoms with E-state index in [1.54, 1.807) is 6.92 Å². The van der Waals surface area contributed by atoms with Gasteiger partial charge in [-0.3, -0.25) is 0 Å². The van der Waals surface area contributed by atoms with Gasteiger partial charge in [0, 0.05) is 0 Å². The van der Waals surface area contributed by atoms with Crippen LogP contribution in [0.15, 0.2) is 28.8 Å². The summed E-state index contributed by atoms with van der Waals surface area (Å²) in [5.41, 5.74) is 6.83. The molecule has 0 radical (unpaired) electrons. The highest BCUT2D eigenvalue weighted by molar-refractivity contribution is 5.35. The predicted molar refractivity (Wildman–Crippen MR) is 71.8 cm³/mol. The lowest BCUT2D eigenvalue weighted by Crippen LogP contribution is -2.06. The third-order valence-corrected chi connectivity index (χ3v) is 2.77. The van der Waals surface area contributed by atoms with Gasteiger partial charge in [-0.05, 0) is 24.5 Å². The number of ether oxygens (including phenoxy) is 1. The Balaban J connectivity index is 2.06. The molecule has 0 aliphatic rings. The van der Waals surface area contributed by atoms with Gasteiger partial charge < -0.3 is 15.0 Å². The van der Waals surface area contributed by atoms with Gasteiger partial charge in [-0.15, -0.1) is 0 Å². The fraction of sp³-hybridized carbons (Fsp3) is 0.429. The van der Waals surface area contributed by atoms with Gasteiger partial charge in [0.2, 0.25) is 11.7 Å². The Hall–Kier alpha value is -1.88. The van der Waals surface area contributed by atoms with Gasteiger partial charge in [-0.1, -0.05) is 37.2 Å². The minimum atomic E-state index is -0.260. The van der Waals surface area contributed by atoms with Crippen LogP contribution in [0, 0.1) is 0 Å². The van der Waals surface area contributed by atoms with Crippen LogP contribution in [0.25, 0.3) is 0 Å². The number of hydrogen-bond donors (Lipinski definition) is 1. The zero-order chi connectivity index (χ0) is 13.8. The smallest absolute Gasteiger partial charge is 0.243 e. The van der Waals surface area contributed by atoms with E-state index in [2.05, 4.69) is 30.1 Å². The second-order valence-corrected chi connectivity index (χ2v) is 4.82. The molecule has 2 N–H and O–H groups in total. The van der Waals surface area contributed by atoms with Gasteiger partial charge in [0.05, 0.1) is 6.04 Å². The first-order valence-corrected chi connectivity index (χ1v) is 6.37. The summed E-state index contributed by atoms with van der Waals surface area (Å²) in [4.78, 5) is 4.17. The van der Waals surface area contributed by atoms with Crippen molar-refractivity contribution in [2.45, 2.75) is 39.3 Å². The lowest BCUT2D eigenvalue weighted by molar-refractivity contribution is 0.281. The van der Waals surface area contributed by atoms with Crippen LogP contribution in [0.2, 0.25) is 0 Å². The van der Waals surface area contributed by atoms with Crippen LogP contribution in [0.1, 0.15) is 50.0 Å². The molecule has 19 heavy (non-hydrogen) atoms. The summed E-state index contributed by atoms with van der Waals surface area (Å²) in [6.07, 6.45) is 0. The summed E-state index contributed by atoms with van der Waals surface area (Å²) >= 11 is 0. The Labute approximate surface area is 112 Å². The van der Waals surface area contributed by atoms with Crippen LogP contribution in [0.4, 0.5) is 0 Å². The number of nitrogens with two attached hydrogens (primary N) is 1. The van der Waals surface area contributed by atoms with Crippen LogP contribution >= 0.6 is 0 Å². The summed E-state index contributed by atoms with van der Waals surface area (Å²) in [6.45, 7) is 6.33. The topological polar surface area (TPSA) is 74.2 Å². The van der Waals surface area contributed by atoms with E-state index in [0.29, 0.717) is 17.6 Å². The van der Waals surface area contributed by atoms with Gasteiger partial charge in [0.1, 0.15) is 5.75 Å². The third kappa shape index (κ3) is 3.32. The summed E-state index contributed by atoms with van der Waals surface area (Å²) in [6, 6.07) is 7.70. The Morgan fingerprint density at radius 1 is 1.26 bits per heavy atom. The van der Waals surface area contributed by atoms with Crippen LogP contribution in [-0.2, 0) is 6.61 Å². The molecule has 1 aromatic heterocycles. The normalized spacial score (nSPS) is 12.7. The van der Waals surface area contributed by atoms with E-state index in [1.165, 1.54) is 5.56 Å². The first-order chi connectivity index (χ1) is 9.08. The Bertz CT molecular complexity index is 535. The van der Waals surface area contributed by atoms with Gasteiger partial charge in [0.25, 0.3) is 0 Å². The number of hydrogen-bond acceptors (Lipinski definition) is 5. The maximum absolute atomic E-state index is 5.75. The van der Waals surface area contributed by atoms with Crippen molar-refractivity contribution >= 4 is 0 Å². The average Bonchev–Trinajstić information content (AvgIpc) is 2.85. The highest BCUT2D eigenvalue weighted by Crippen LogP contribution is 2.26. The molecule has 1 aromatic carbocycles. The number of nitrogens with zero attached hydrogens (tertiary/aromatic N) is 2. The number of para-hydroxylation sites is 1.